The normalized spacial score (nSPS) is 17.3. The number of unbranched alkanes of at least 4 members (excludes halogenated alkanes) is 1. The van der Waals surface area contributed by atoms with Crippen LogP contribution in [0, 0.1) is 5.92 Å². The predicted octanol–water partition coefficient (Wildman–Crippen LogP) is 3.01. The van der Waals surface area contributed by atoms with Gasteiger partial charge in [0.25, 0.3) is 0 Å². The smallest absolute Gasteiger partial charge is 0.166 e. The maximum Gasteiger partial charge on any atom is 0.166 e. The van der Waals surface area contributed by atoms with E-state index in [1.165, 1.54) is 0 Å². The van der Waals surface area contributed by atoms with Crippen LogP contribution >= 0.6 is 11.6 Å². The number of aliphatic hydroxyl groups excluding tert-OH is 1. The lowest BCUT2D eigenvalue weighted by molar-refractivity contribution is 0.0838. The molecule has 2 rings (SSSR count). The van der Waals surface area contributed by atoms with Crippen LogP contribution in [-0.2, 0) is 0 Å². The third-order valence-corrected chi connectivity index (χ3v) is 4.22. The average molecular weight is 296 g/mol. The van der Waals surface area contributed by atoms with Crippen LogP contribution in [0.4, 0.5) is 0 Å². The fourth-order valence-corrected chi connectivity index (χ4v) is 2.84. The molecule has 0 saturated carbocycles. The number of halogens is 1. The zero-order chi connectivity index (χ0) is 14.4. The molecule has 1 saturated heterocycles. The number of ketones is 1. The molecule has 1 aromatic carbocycles. The summed E-state index contributed by atoms with van der Waals surface area (Å²) in [4.78, 5) is 14.8. The Morgan fingerprint density at radius 1 is 1.20 bits per heavy atom. The van der Waals surface area contributed by atoms with Crippen LogP contribution < -0.4 is 0 Å². The molecule has 110 valence electrons. The van der Waals surface area contributed by atoms with Gasteiger partial charge >= 0.3 is 0 Å². The number of hydrogen-bond donors (Lipinski definition) is 1. The first kappa shape index (κ1) is 15.5. The van der Waals surface area contributed by atoms with Gasteiger partial charge in [0.05, 0.1) is 0 Å². The summed E-state index contributed by atoms with van der Waals surface area (Å²) in [5, 5.41) is 9.45. The van der Waals surface area contributed by atoms with E-state index in [4.69, 9.17) is 16.7 Å². The Hall–Kier alpha value is -0.900. The van der Waals surface area contributed by atoms with E-state index in [-0.39, 0.29) is 18.3 Å². The summed E-state index contributed by atoms with van der Waals surface area (Å²) in [6.45, 7) is 3.26. The second-order valence-corrected chi connectivity index (χ2v) is 5.85. The molecule has 0 bridgehead atoms. The molecule has 0 amide bonds. The number of piperidine rings is 1. The van der Waals surface area contributed by atoms with Gasteiger partial charge in [-0.05, 0) is 69.6 Å². The fourth-order valence-electron chi connectivity index (χ4n) is 2.72. The highest BCUT2D eigenvalue weighted by Gasteiger charge is 2.25. The van der Waals surface area contributed by atoms with Gasteiger partial charge in [0.15, 0.2) is 5.78 Å². The van der Waals surface area contributed by atoms with Crippen LogP contribution in [0.2, 0.25) is 5.02 Å². The SMILES string of the molecule is O=C(c1ccc(Cl)cc1)C1CCN(CCCCO)CC1. The number of carbonyl (C=O) groups excluding carboxylic acids is 1. The zero-order valence-corrected chi connectivity index (χ0v) is 12.5. The second-order valence-electron chi connectivity index (χ2n) is 5.42. The lowest BCUT2D eigenvalue weighted by Gasteiger charge is -2.31. The van der Waals surface area contributed by atoms with Crippen LogP contribution in [-0.4, -0.2) is 42.0 Å². The molecule has 0 aliphatic carbocycles. The number of likely N-dealkylation sites (tertiary alicyclic amines) is 1. The number of rotatable bonds is 6. The van der Waals surface area contributed by atoms with E-state index < -0.39 is 0 Å². The number of hydrogen-bond acceptors (Lipinski definition) is 3. The van der Waals surface area contributed by atoms with Crippen molar-refractivity contribution < 1.29 is 9.90 Å². The molecular formula is C16H22ClNO2. The average Bonchev–Trinajstić information content (AvgIpc) is 2.48. The van der Waals surface area contributed by atoms with E-state index in [0.29, 0.717) is 5.02 Å². The van der Waals surface area contributed by atoms with Crippen molar-refractivity contribution in [1.29, 1.82) is 0 Å². The molecular weight excluding hydrogens is 274 g/mol. The van der Waals surface area contributed by atoms with E-state index in [0.717, 1.165) is 50.9 Å². The van der Waals surface area contributed by atoms with Gasteiger partial charge in [-0.1, -0.05) is 11.6 Å². The Bertz CT molecular complexity index is 425. The molecule has 20 heavy (non-hydrogen) atoms. The molecule has 1 aromatic rings. The summed E-state index contributed by atoms with van der Waals surface area (Å²) < 4.78 is 0. The van der Waals surface area contributed by atoms with Crippen molar-refractivity contribution in [2.24, 2.45) is 5.92 Å². The van der Waals surface area contributed by atoms with Gasteiger partial charge < -0.3 is 10.0 Å². The Balaban J connectivity index is 1.81. The van der Waals surface area contributed by atoms with Gasteiger partial charge in [0.2, 0.25) is 0 Å². The van der Waals surface area contributed by atoms with Crippen LogP contribution in [0.15, 0.2) is 24.3 Å². The van der Waals surface area contributed by atoms with Crippen molar-refractivity contribution in [3.8, 4) is 0 Å². The third kappa shape index (κ3) is 4.30. The highest BCUT2D eigenvalue weighted by Crippen LogP contribution is 2.22. The van der Waals surface area contributed by atoms with E-state index in [2.05, 4.69) is 4.90 Å². The molecule has 3 nitrogen and oxygen atoms in total. The summed E-state index contributed by atoms with van der Waals surface area (Å²) in [7, 11) is 0. The molecule has 0 radical (unpaired) electrons. The van der Waals surface area contributed by atoms with E-state index >= 15 is 0 Å². The van der Waals surface area contributed by atoms with Gasteiger partial charge in [-0.3, -0.25) is 4.79 Å². The van der Waals surface area contributed by atoms with Gasteiger partial charge in [0, 0.05) is 23.1 Å². The molecule has 1 aliphatic rings. The minimum Gasteiger partial charge on any atom is -0.396 e. The lowest BCUT2D eigenvalue weighted by Crippen LogP contribution is -2.37. The van der Waals surface area contributed by atoms with Crippen molar-refractivity contribution >= 4 is 17.4 Å². The second kappa shape index (κ2) is 7.77. The summed E-state index contributed by atoms with van der Waals surface area (Å²) >= 11 is 5.85. The standard InChI is InChI=1S/C16H22ClNO2/c17-15-5-3-13(4-6-15)16(20)14-7-10-18(11-8-14)9-1-2-12-19/h3-6,14,19H,1-2,7-12H2. The molecule has 0 aromatic heterocycles. The molecule has 0 spiro atoms. The molecule has 1 fully saturated rings. The Kier molecular flexibility index (Phi) is 6.02. The summed E-state index contributed by atoms with van der Waals surface area (Å²) in [6.07, 6.45) is 3.76. The molecule has 0 atom stereocenters. The number of benzene rings is 1. The quantitative estimate of drug-likeness (QED) is 0.648. The molecule has 4 heteroatoms. The van der Waals surface area contributed by atoms with Crippen LogP contribution in [0.25, 0.3) is 0 Å². The molecule has 0 unspecified atom stereocenters. The minimum atomic E-state index is 0.144. The van der Waals surface area contributed by atoms with Crippen molar-refractivity contribution in [3.63, 3.8) is 0 Å². The topological polar surface area (TPSA) is 40.5 Å². The molecule has 1 aliphatic heterocycles. The van der Waals surface area contributed by atoms with Crippen LogP contribution in [0.5, 0.6) is 0 Å². The van der Waals surface area contributed by atoms with Crippen molar-refractivity contribution in [3.05, 3.63) is 34.9 Å². The minimum absolute atomic E-state index is 0.144. The van der Waals surface area contributed by atoms with E-state index in [9.17, 15) is 4.79 Å². The Morgan fingerprint density at radius 2 is 1.85 bits per heavy atom. The van der Waals surface area contributed by atoms with Gasteiger partial charge in [-0.25, -0.2) is 0 Å². The first-order chi connectivity index (χ1) is 9.70. The largest absolute Gasteiger partial charge is 0.396 e. The number of aliphatic hydroxyl groups is 1. The number of nitrogens with zero attached hydrogens (tertiary/aromatic N) is 1. The molecule has 1 heterocycles. The first-order valence-electron chi connectivity index (χ1n) is 7.33. The Morgan fingerprint density at radius 3 is 2.45 bits per heavy atom. The van der Waals surface area contributed by atoms with E-state index in [1.807, 2.05) is 12.1 Å². The maximum atomic E-state index is 12.4. The lowest BCUT2D eigenvalue weighted by atomic mass is 9.89. The molecule has 1 N–H and O–H groups in total. The first-order valence-corrected chi connectivity index (χ1v) is 7.71. The maximum absolute atomic E-state index is 12.4. The number of Topliss-reactive ketones (excluding diaryl/α,β-unsaturated/α-hetero) is 1. The van der Waals surface area contributed by atoms with Crippen molar-refractivity contribution in [2.45, 2.75) is 25.7 Å². The van der Waals surface area contributed by atoms with Crippen molar-refractivity contribution in [1.82, 2.24) is 4.90 Å². The van der Waals surface area contributed by atoms with Gasteiger partial charge in [0.1, 0.15) is 0 Å². The number of carbonyl (C=O) groups is 1. The Labute approximate surface area is 125 Å². The summed E-state index contributed by atoms with van der Waals surface area (Å²) in [5.74, 6) is 0.391. The fraction of sp³-hybridized carbons (Fsp3) is 0.562. The summed E-state index contributed by atoms with van der Waals surface area (Å²) in [5.41, 5.74) is 0.771. The van der Waals surface area contributed by atoms with Gasteiger partial charge in [-0.2, -0.15) is 0 Å². The third-order valence-electron chi connectivity index (χ3n) is 3.97. The predicted molar refractivity (Wildman–Crippen MR) is 81.3 cm³/mol. The van der Waals surface area contributed by atoms with Crippen LogP contribution in [0.1, 0.15) is 36.0 Å². The monoisotopic (exact) mass is 295 g/mol. The highest BCUT2D eigenvalue weighted by molar-refractivity contribution is 6.30. The highest BCUT2D eigenvalue weighted by atomic mass is 35.5. The summed E-state index contributed by atoms with van der Waals surface area (Å²) in [6, 6.07) is 7.19. The van der Waals surface area contributed by atoms with Crippen LogP contribution in [0.3, 0.4) is 0 Å². The van der Waals surface area contributed by atoms with Gasteiger partial charge in [-0.15, -0.1) is 0 Å². The zero-order valence-electron chi connectivity index (χ0n) is 11.7. The van der Waals surface area contributed by atoms with E-state index in [1.54, 1.807) is 12.1 Å². The van der Waals surface area contributed by atoms with Crippen molar-refractivity contribution in [2.75, 3.05) is 26.2 Å².